The lowest BCUT2D eigenvalue weighted by Gasteiger charge is -2.07. The number of aryl methyl sites for hydroxylation is 1. The van der Waals surface area contributed by atoms with Gasteiger partial charge >= 0.3 is 6.18 Å². The molecule has 3 aromatic heterocycles. The second-order valence-electron chi connectivity index (χ2n) is 3.92. The maximum absolute atomic E-state index is 12.9. The Hall–Kier alpha value is -1.61. The smallest absolute Gasteiger partial charge is 0.272 e. The zero-order valence-corrected chi connectivity index (χ0v) is 11.7. The number of alkyl halides is 3. The molecule has 0 unspecified atom stereocenters. The van der Waals surface area contributed by atoms with Crippen molar-refractivity contribution in [1.29, 1.82) is 0 Å². The van der Waals surface area contributed by atoms with Crippen LogP contribution in [0.4, 0.5) is 13.2 Å². The number of thiophene rings is 1. The highest BCUT2D eigenvalue weighted by Crippen LogP contribution is 2.34. The molecule has 4 nitrogen and oxygen atoms in total. The molecule has 20 heavy (non-hydrogen) atoms. The van der Waals surface area contributed by atoms with E-state index in [1.54, 1.807) is 0 Å². The third-order valence-corrected chi connectivity index (χ3v) is 4.54. The summed E-state index contributed by atoms with van der Waals surface area (Å²) in [5.74, 6) is -1.03. The van der Waals surface area contributed by atoms with E-state index in [9.17, 15) is 13.2 Å². The Labute approximate surface area is 119 Å². The fraction of sp³-hybridized carbons (Fsp3) is 0.182. The number of hydrogen-bond acceptors (Lipinski definition) is 5. The van der Waals surface area contributed by atoms with Crippen molar-refractivity contribution < 1.29 is 13.2 Å². The molecule has 3 rings (SSSR count). The van der Waals surface area contributed by atoms with Crippen LogP contribution in [0, 0.1) is 6.92 Å². The Morgan fingerprint density at radius 2 is 2.10 bits per heavy atom. The van der Waals surface area contributed by atoms with E-state index in [2.05, 4.69) is 15.2 Å². The molecular weight excluding hydrogens is 309 g/mol. The minimum absolute atomic E-state index is 0.121. The fourth-order valence-electron chi connectivity index (χ4n) is 1.70. The molecule has 0 radical (unpaired) electrons. The van der Waals surface area contributed by atoms with Gasteiger partial charge < -0.3 is 0 Å². The van der Waals surface area contributed by atoms with Gasteiger partial charge in [-0.3, -0.25) is 4.40 Å². The lowest BCUT2D eigenvalue weighted by Crippen LogP contribution is -2.12. The van der Waals surface area contributed by atoms with Crippen molar-refractivity contribution in [2.24, 2.45) is 0 Å². The number of halogens is 3. The summed E-state index contributed by atoms with van der Waals surface area (Å²) in [5.41, 5.74) is 0.462. The van der Waals surface area contributed by atoms with Gasteiger partial charge in [-0.1, -0.05) is 17.8 Å². The van der Waals surface area contributed by atoms with Crippen molar-refractivity contribution in [1.82, 2.24) is 19.6 Å². The van der Waals surface area contributed by atoms with Crippen LogP contribution in [-0.4, -0.2) is 19.6 Å². The van der Waals surface area contributed by atoms with Gasteiger partial charge in [0.1, 0.15) is 5.03 Å². The summed E-state index contributed by atoms with van der Waals surface area (Å²) in [4.78, 5) is 4.16. The van der Waals surface area contributed by atoms with Crippen molar-refractivity contribution in [3.05, 3.63) is 35.2 Å². The van der Waals surface area contributed by atoms with Crippen LogP contribution in [0.5, 0.6) is 0 Å². The highest BCUT2D eigenvalue weighted by Gasteiger charge is 2.37. The summed E-state index contributed by atoms with van der Waals surface area (Å²) < 4.78 is 40.6. The summed E-state index contributed by atoms with van der Waals surface area (Å²) in [5, 5.41) is 9.19. The first-order valence-corrected chi connectivity index (χ1v) is 7.16. The lowest BCUT2D eigenvalue weighted by molar-refractivity contribution is -0.145. The van der Waals surface area contributed by atoms with E-state index in [1.807, 2.05) is 17.5 Å². The third-order valence-electron chi connectivity index (χ3n) is 2.52. The first-order valence-electron chi connectivity index (χ1n) is 5.46. The fourth-order valence-corrected chi connectivity index (χ4v) is 3.41. The van der Waals surface area contributed by atoms with Gasteiger partial charge in [-0.05, 0) is 18.4 Å². The zero-order valence-electron chi connectivity index (χ0n) is 10.0. The van der Waals surface area contributed by atoms with Crippen molar-refractivity contribution in [3.63, 3.8) is 0 Å². The normalized spacial score (nSPS) is 12.2. The van der Waals surface area contributed by atoms with Crippen LogP contribution in [0.1, 0.15) is 11.5 Å². The molecule has 104 valence electrons. The highest BCUT2D eigenvalue weighted by atomic mass is 32.2. The Bertz CT molecular complexity index is 749. The number of hydrogen-bond donors (Lipinski definition) is 0. The molecule has 3 aromatic rings. The van der Waals surface area contributed by atoms with Gasteiger partial charge in [0, 0.05) is 11.9 Å². The van der Waals surface area contributed by atoms with E-state index in [0.29, 0.717) is 10.7 Å². The minimum Gasteiger partial charge on any atom is -0.272 e. The van der Waals surface area contributed by atoms with Gasteiger partial charge in [-0.25, -0.2) is 4.98 Å². The Kier molecular flexibility index (Phi) is 3.17. The minimum atomic E-state index is -4.55. The van der Waals surface area contributed by atoms with E-state index >= 15 is 0 Å². The molecule has 0 spiro atoms. The first-order chi connectivity index (χ1) is 9.47. The first kappa shape index (κ1) is 13.4. The van der Waals surface area contributed by atoms with E-state index in [1.165, 1.54) is 36.2 Å². The monoisotopic (exact) mass is 316 g/mol. The highest BCUT2D eigenvalue weighted by molar-refractivity contribution is 8.01. The molecular formula is C11H7F3N4S2. The molecule has 0 aliphatic heterocycles. The standard InChI is InChI=1S/C11H7F3N4S2/c1-6-5-15-9(20-7-3-2-4-19-7)8-16-17-10(18(6)8)11(12,13)14/h2-5H,1H3. The van der Waals surface area contributed by atoms with Gasteiger partial charge in [-0.15, -0.1) is 21.5 Å². The van der Waals surface area contributed by atoms with Crippen LogP contribution in [-0.2, 0) is 6.18 Å². The molecule has 9 heteroatoms. The van der Waals surface area contributed by atoms with E-state index in [-0.39, 0.29) is 5.65 Å². The number of fused-ring (bicyclic) bond motifs is 1. The van der Waals surface area contributed by atoms with Crippen LogP contribution in [0.15, 0.2) is 32.9 Å². The Morgan fingerprint density at radius 3 is 2.75 bits per heavy atom. The van der Waals surface area contributed by atoms with Crippen molar-refractivity contribution in [3.8, 4) is 0 Å². The summed E-state index contributed by atoms with van der Waals surface area (Å²) in [7, 11) is 0. The summed E-state index contributed by atoms with van der Waals surface area (Å²) in [6, 6.07) is 3.73. The van der Waals surface area contributed by atoms with E-state index in [4.69, 9.17) is 0 Å². The molecule has 0 aromatic carbocycles. The number of rotatable bonds is 2. The lowest BCUT2D eigenvalue weighted by atomic mass is 10.4. The van der Waals surface area contributed by atoms with Gasteiger partial charge in [0.2, 0.25) is 5.82 Å². The summed E-state index contributed by atoms with van der Waals surface area (Å²) in [6.45, 7) is 1.54. The maximum Gasteiger partial charge on any atom is 0.452 e. The number of aromatic nitrogens is 4. The topological polar surface area (TPSA) is 43.1 Å². The molecule has 0 N–H and O–H groups in total. The Morgan fingerprint density at radius 1 is 1.30 bits per heavy atom. The predicted octanol–water partition coefficient (Wildman–Crippen LogP) is 3.66. The van der Waals surface area contributed by atoms with Crippen LogP contribution >= 0.6 is 23.1 Å². The predicted molar refractivity (Wildman–Crippen MR) is 69.0 cm³/mol. The molecule has 0 saturated carbocycles. The molecule has 0 aliphatic rings. The zero-order chi connectivity index (χ0) is 14.3. The second kappa shape index (κ2) is 4.74. The molecule has 0 bridgehead atoms. The molecule has 0 saturated heterocycles. The average molecular weight is 316 g/mol. The van der Waals surface area contributed by atoms with Gasteiger partial charge in [0.15, 0.2) is 5.65 Å². The SMILES string of the molecule is Cc1cnc(Sc2cccs2)c2nnc(C(F)(F)F)n12. The van der Waals surface area contributed by atoms with E-state index in [0.717, 1.165) is 8.61 Å². The van der Waals surface area contributed by atoms with Gasteiger partial charge in [0.05, 0.1) is 4.21 Å². The summed E-state index contributed by atoms with van der Waals surface area (Å²) in [6.07, 6.45) is -3.15. The molecule has 0 atom stereocenters. The molecule has 0 amide bonds. The molecule has 0 fully saturated rings. The quantitative estimate of drug-likeness (QED) is 0.723. The number of nitrogens with zero attached hydrogens (tertiary/aromatic N) is 4. The van der Waals surface area contributed by atoms with Gasteiger partial charge in [0.25, 0.3) is 0 Å². The summed E-state index contributed by atoms with van der Waals surface area (Å²) >= 11 is 2.76. The third kappa shape index (κ3) is 2.27. The van der Waals surface area contributed by atoms with E-state index < -0.39 is 12.0 Å². The average Bonchev–Trinajstić information content (AvgIpc) is 3.00. The molecule has 3 heterocycles. The van der Waals surface area contributed by atoms with Crippen molar-refractivity contribution >= 4 is 28.7 Å². The van der Waals surface area contributed by atoms with Gasteiger partial charge in [-0.2, -0.15) is 13.2 Å². The van der Waals surface area contributed by atoms with Crippen molar-refractivity contribution in [2.45, 2.75) is 22.3 Å². The van der Waals surface area contributed by atoms with Crippen LogP contribution in [0.25, 0.3) is 5.65 Å². The largest absolute Gasteiger partial charge is 0.452 e. The van der Waals surface area contributed by atoms with Crippen LogP contribution < -0.4 is 0 Å². The second-order valence-corrected chi connectivity index (χ2v) is 6.16. The van der Waals surface area contributed by atoms with Crippen LogP contribution in [0.3, 0.4) is 0 Å². The molecule has 0 aliphatic carbocycles. The maximum atomic E-state index is 12.9. The van der Waals surface area contributed by atoms with Crippen molar-refractivity contribution in [2.75, 3.05) is 0 Å². The Balaban J connectivity index is 2.16. The van der Waals surface area contributed by atoms with Crippen LogP contribution in [0.2, 0.25) is 0 Å².